The summed E-state index contributed by atoms with van der Waals surface area (Å²) in [5.74, 6) is 1.36. The number of nitriles is 1. The van der Waals surface area contributed by atoms with E-state index in [9.17, 15) is 10.1 Å². The molecular formula is C28H25N3O2S. The number of amides is 1. The van der Waals surface area contributed by atoms with Crippen molar-refractivity contribution >= 4 is 17.7 Å². The highest BCUT2D eigenvalue weighted by molar-refractivity contribution is 8.03. The number of benzene rings is 3. The van der Waals surface area contributed by atoms with Crippen LogP contribution in [0.4, 0.5) is 0 Å². The zero-order valence-corrected chi connectivity index (χ0v) is 19.6. The van der Waals surface area contributed by atoms with Crippen molar-refractivity contribution in [1.82, 2.24) is 9.80 Å². The number of carbonyl (C=O) groups excluding carboxylic acids is 1. The lowest BCUT2D eigenvalue weighted by Crippen LogP contribution is -2.46. The first kappa shape index (κ1) is 22.3. The van der Waals surface area contributed by atoms with Crippen molar-refractivity contribution in [2.24, 2.45) is 0 Å². The minimum atomic E-state index is -0.222. The number of hydrogen-bond acceptors (Lipinski definition) is 5. The maximum atomic E-state index is 13.1. The molecule has 6 heteroatoms. The van der Waals surface area contributed by atoms with Crippen LogP contribution in [0.1, 0.15) is 29.0 Å². The molecule has 0 spiro atoms. The van der Waals surface area contributed by atoms with Gasteiger partial charge in [-0.1, -0.05) is 84.6 Å². The Morgan fingerprint density at radius 3 is 2.29 bits per heavy atom. The molecule has 0 unspecified atom stereocenters. The van der Waals surface area contributed by atoms with Crippen molar-refractivity contribution in [2.45, 2.75) is 25.5 Å². The molecule has 5 rings (SSSR count). The second kappa shape index (κ2) is 10.2. The van der Waals surface area contributed by atoms with E-state index in [4.69, 9.17) is 4.74 Å². The van der Waals surface area contributed by atoms with Gasteiger partial charge in [0, 0.05) is 18.9 Å². The van der Waals surface area contributed by atoms with Crippen molar-refractivity contribution in [3.63, 3.8) is 0 Å². The Balaban J connectivity index is 1.30. The summed E-state index contributed by atoms with van der Waals surface area (Å²) in [4.78, 5) is 17.1. The van der Waals surface area contributed by atoms with Crippen LogP contribution in [0, 0.1) is 11.3 Å². The molecule has 0 aliphatic carbocycles. The molecule has 0 bridgehead atoms. The van der Waals surface area contributed by atoms with Gasteiger partial charge in [-0.05, 0) is 28.8 Å². The zero-order chi connectivity index (χ0) is 23.3. The molecule has 2 aliphatic rings. The lowest BCUT2D eigenvalue weighted by molar-refractivity contribution is -0.131. The van der Waals surface area contributed by atoms with E-state index in [0.717, 1.165) is 34.3 Å². The van der Waals surface area contributed by atoms with Gasteiger partial charge in [0.25, 0.3) is 0 Å². The first-order valence-corrected chi connectivity index (χ1v) is 12.3. The largest absolute Gasteiger partial charge is 0.489 e. The van der Waals surface area contributed by atoms with Crippen LogP contribution in [0.3, 0.4) is 0 Å². The average molecular weight is 468 g/mol. The molecule has 170 valence electrons. The van der Waals surface area contributed by atoms with Crippen LogP contribution in [0.5, 0.6) is 5.75 Å². The van der Waals surface area contributed by atoms with Crippen LogP contribution in [0.25, 0.3) is 0 Å². The Labute approximate surface area is 204 Å². The zero-order valence-electron chi connectivity index (χ0n) is 18.8. The van der Waals surface area contributed by atoms with E-state index in [1.54, 1.807) is 16.7 Å². The summed E-state index contributed by atoms with van der Waals surface area (Å²) in [5, 5.41) is 10.8. The number of rotatable bonds is 6. The van der Waals surface area contributed by atoms with E-state index in [-0.39, 0.29) is 11.8 Å². The standard InChI is InChI=1S/C28H25N3O2S/c29-16-26-25(23-11-13-24(14-12-23)33-18-22-9-5-2-6-10-22)15-27(32)31-19-30(20-34-28(26)31)17-21-7-3-1-4-8-21/h1-14,25H,15,17-20H2/t25-/m0/s1. The summed E-state index contributed by atoms with van der Waals surface area (Å²) in [6.45, 7) is 1.79. The number of carbonyl (C=O) groups is 1. The van der Waals surface area contributed by atoms with Gasteiger partial charge in [0.05, 0.1) is 29.2 Å². The van der Waals surface area contributed by atoms with Crippen LogP contribution in [0.2, 0.25) is 0 Å². The van der Waals surface area contributed by atoms with Crippen LogP contribution < -0.4 is 4.74 Å². The minimum absolute atomic E-state index is 0.0636. The monoisotopic (exact) mass is 467 g/mol. The van der Waals surface area contributed by atoms with E-state index in [2.05, 4.69) is 23.1 Å². The highest BCUT2D eigenvalue weighted by Gasteiger charge is 2.38. The molecule has 0 aromatic heterocycles. The molecule has 1 saturated heterocycles. The molecular weight excluding hydrogens is 442 g/mol. The molecule has 3 aromatic carbocycles. The van der Waals surface area contributed by atoms with Gasteiger partial charge >= 0.3 is 0 Å². The van der Waals surface area contributed by atoms with E-state index in [0.29, 0.717) is 25.3 Å². The second-order valence-electron chi connectivity index (χ2n) is 8.48. The Hall–Kier alpha value is -3.53. The maximum Gasteiger partial charge on any atom is 0.229 e. The van der Waals surface area contributed by atoms with Crippen molar-refractivity contribution in [1.29, 1.82) is 5.26 Å². The van der Waals surface area contributed by atoms with Crippen molar-refractivity contribution in [2.75, 3.05) is 12.5 Å². The van der Waals surface area contributed by atoms with Gasteiger partial charge in [-0.15, -0.1) is 0 Å². The number of nitrogens with zero attached hydrogens (tertiary/aromatic N) is 3. The van der Waals surface area contributed by atoms with Gasteiger partial charge in [-0.2, -0.15) is 5.26 Å². The Morgan fingerprint density at radius 1 is 0.941 bits per heavy atom. The third-order valence-electron chi connectivity index (χ3n) is 6.13. The third kappa shape index (κ3) is 4.86. The number of thioether (sulfide) groups is 1. The molecule has 5 nitrogen and oxygen atoms in total. The number of allylic oxidation sites excluding steroid dienone is 1. The van der Waals surface area contributed by atoms with Crippen LogP contribution in [0.15, 0.2) is 95.5 Å². The molecule has 1 amide bonds. The van der Waals surface area contributed by atoms with Gasteiger partial charge in [0.15, 0.2) is 0 Å². The minimum Gasteiger partial charge on any atom is -0.489 e. The van der Waals surface area contributed by atoms with Crippen LogP contribution in [-0.4, -0.2) is 28.3 Å². The Morgan fingerprint density at radius 2 is 1.62 bits per heavy atom. The number of fused-ring (bicyclic) bond motifs is 1. The smallest absolute Gasteiger partial charge is 0.229 e. The predicted molar refractivity (Wildman–Crippen MR) is 133 cm³/mol. The van der Waals surface area contributed by atoms with E-state index in [1.165, 1.54) is 5.56 Å². The van der Waals surface area contributed by atoms with E-state index < -0.39 is 0 Å². The molecule has 1 atom stereocenters. The molecule has 2 aliphatic heterocycles. The first-order chi connectivity index (χ1) is 16.7. The summed E-state index contributed by atoms with van der Waals surface area (Å²) in [6, 6.07) is 30.5. The third-order valence-corrected chi connectivity index (χ3v) is 7.34. The fourth-order valence-electron chi connectivity index (χ4n) is 4.37. The highest BCUT2D eigenvalue weighted by Crippen LogP contribution is 2.42. The fraction of sp³-hybridized carbons (Fsp3) is 0.214. The Bertz CT molecular complexity index is 1220. The van der Waals surface area contributed by atoms with Gasteiger partial charge in [0.2, 0.25) is 5.91 Å². The highest BCUT2D eigenvalue weighted by atomic mass is 32.2. The van der Waals surface area contributed by atoms with E-state index >= 15 is 0 Å². The number of ether oxygens (including phenoxy) is 1. The topological polar surface area (TPSA) is 56.6 Å². The summed E-state index contributed by atoms with van der Waals surface area (Å²) < 4.78 is 5.89. The van der Waals surface area contributed by atoms with Gasteiger partial charge in [-0.3, -0.25) is 14.6 Å². The summed E-state index contributed by atoms with van der Waals surface area (Å²) in [6.07, 6.45) is 0.302. The first-order valence-electron chi connectivity index (χ1n) is 11.3. The summed E-state index contributed by atoms with van der Waals surface area (Å²) >= 11 is 1.58. The number of hydrogen-bond donors (Lipinski definition) is 0. The van der Waals surface area contributed by atoms with Gasteiger partial charge in [-0.25, -0.2) is 0 Å². The lowest BCUT2D eigenvalue weighted by Gasteiger charge is -2.41. The van der Waals surface area contributed by atoms with Crippen LogP contribution in [-0.2, 0) is 17.9 Å². The Kier molecular flexibility index (Phi) is 6.66. The maximum absolute atomic E-state index is 13.1. The fourth-order valence-corrected chi connectivity index (χ4v) is 5.51. The molecule has 1 fully saturated rings. The van der Waals surface area contributed by atoms with Crippen molar-refractivity contribution in [3.05, 3.63) is 112 Å². The summed E-state index contributed by atoms with van der Waals surface area (Å²) in [5.41, 5.74) is 3.97. The predicted octanol–water partition coefficient (Wildman–Crippen LogP) is 5.48. The molecule has 2 heterocycles. The van der Waals surface area contributed by atoms with E-state index in [1.807, 2.05) is 72.8 Å². The van der Waals surface area contributed by atoms with Gasteiger partial charge < -0.3 is 4.74 Å². The van der Waals surface area contributed by atoms with Gasteiger partial charge in [0.1, 0.15) is 12.4 Å². The lowest BCUT2D eigenvalue weighted by atomic mass is 9.86. The second-order valence-corrected chi connectivity index (χ2v) is 9.42. The average Bonchev–Trinajstić information content (AvgIpc) is 2.89. The quantitative estimate of drug-likeness (QED) is 0.480. The van der Waals surface area contributed by atoms with Crippen molar-refractivity contribution in [3.8, 4) is 11.8 Å². The molecule has 0 radical (unpaired) electrons. The van der Waals surface area contributed by atoms with Crippen LogP contribution >= 0.6 is 11.8 Å². The molecule has 0 N–H and O–H groups in total. The molecule has 34 heavy (non-hydrogen) atoms. The van der Waals surface area contributed by atoms with Crippen molar-refractivity contribution < 1.29 is 9.53 Å². The normalized spacial score (nSPS) is 18.4. The SMILES string of the molecule is N#CC1=C2SCN(Cc3ccccc3)CN2C(=O)C[C@H]1c1ccc(OCc2ccccc2)cc1. The molecule has 0 saturated carbocycles. The summed E-state index contributed by atoms with van der Waals surface area (Å²) in [7, 11) is 0. The molecule has 3 aromatic rings.